The van der Waals surface area contributed by atoms with E-state index in [4.69, 9.17) is 0 Å². The number of nitrogens with zero attached hydrogens (tertiary/aromatic N) is 3. The molecule has 1 unspecified atom stereocenters. The first kappa shape index (κ1) is 21.6. The van der Waals surface area contributed by atoms with E-state index in [2.05, 4.69) is 25.9 Å². The fourth-order valence-corrected chi connectivity index (χ4v) is 5.58. The summed E-state index contributed by atoms with van der Waals surface area (Å²) in [6, 6.07) is 7.67. The van der Waals surface area contributed by atoms with Crippen LogP contribution in [0.25, 0.3) is 0 Å². The minimum Gasteiger partial charge on any atom is -0.337 e. The Labute approximate surface area is 173 Å². The fraction of sp³-hybridized carbons (Fsp3) is 0.545. The molecule has 0 spiro atoms. The molecule has 0 bridgehead atoms. The van der Waals surface area contributed by atoms with Gasteiger partial charge in [-0.15, -0.1) is 0 Å². The van der Waals surface area contributed by atoms with Gasteiger partial charge in [-0.05, 0) is 43.4 Å². The van der Waals surface area contributed by atoms with Crippen molar-refractivity contribution in [3.8, 4) is 0 Å². The Bertz CT molecular complexity index is 1010. The molecule has 2 aromatic rings. The molecule has 29 heavy (non-hydrogen) atoms. The summed E-state index contributed by atoms with van der Waals surface area (Å²) < 4.78 is 25.5. The second-order valence-corrected chi connectivity index (χ2v) is 11.4. The molecule has 1 aromatic carbocycles. The van der Waals surface area contributed by atoms with E-state index in [0.717, 1.165) is 17.0 Å². The highest BCUT2D eigenvalue weighted by Gasteiger charge is 2.31. The first-order chi connectivity index (χ1) is 13.4. The van der Waals surface area contributed by atoms with Crippen molar-refractivity contribution in [3.63, 3.8) is 0 Å². The van der Waals surface area contributed by atoms with Crippen molar-refractivity contribution in [1.29, 1.82) is 0 Å². The molecule has 1 aromatic heterocycles. The average molecular weight is 418 g/mol. The molecule has 0 saturated carbocycles. The molecule has 1 saturated heterocycles. The summed E-state index contributed by atoms with van der Waals surface area (Å²) in [5.74, 6) is 0.317. The third-order valence-corrected chi connectivity index (χ3v) is 7.52. The molecule has 0 aliphatic carbocycles. The zero-order valence-corrected chi connectivity index (χ0v) is 19.0. The molecule has 3 rings (SSSR count). The van der Waals surface area contributed by atoms with Gasteiger partial charge in [0, 0.05) is 30.4 Å². The first-order valence-electron chi connectivity index (χ1n) is 10.00. The van der Waals surface area contributed by atoms with E-state index in [-0.39, 0.29) is 28.9 Å². The number of aryl methyl sites for hydroxylation is 1. The number of benzene rings is 1. The Kier molecular flexibility index (Phi) is 5.64. The molecular formula is C22H31N3O3S. The summed E-state index contributed by atoms with van der Waals surface area (Å²) in [7, 11) is -1.19. The molecule has 1 aliphatic heterocycles. The molecule has 1 atom stereocenters. The van der Waals surface area contributed by atoms with E-state index in [0.29, 0.717) is 18.5 Å². The fourth-order valence-electron chi connectivity index (χ4n) is 3.89. The molecule has 1 aliphatic rings. The second kappa shape index (κ2) is 7.59. The zero-order valence-electron chi connectivity index (χ0n) is 18.2. The van der Waals surface area contributed by atoms with Crippen LogP contribution in [0.15, 0.2) is 24.3 Å². The van der Waals surface area contributed by atoms with Gasteiger partial charge in [0.2, 0.25) is 0 Å². The van der Waals surface area contributed by atoms with Crippen molar-refractivity contribution in [2.45, 2.75) is 59.0 Å². The van der Waals surface area contributed by atoms with Gasteiger partial charge in [0.15, 0.2) is 9.84 Å². The van der Waals surface area contributed by atoms with E-state index < -0.39 is 9.84 Å². The summed E-state index contributed by atoms with van der Waals surface area (Å²) in [5, 5.41) is 4.60. The third kappa shape index (κ3) is 4.55. The lowest BCUT2D eigenvalue weighted by molar-refractivity contribution is 0.0784. The summed E-state index contributed by atoms with van der Waals surface area (Å²) in [4.78, 5) is 14.6. The predicted molar refractivity (Wildman–Crippen MR) is 115 cm³/mol. The normalized spacial score (nSPS) is 18.8. The molecule has 1 fully saturated rings. The number of carbonyl (C=O) groups excluding carboxylic acids is 1. The van der Waals surface area contributed by atoms with Crippen LogP contribution in [0, 0.1) is 13.8 Å². The molecule has 158 valence electrons. The minimum absolute atomic E-state index is 0.0412. The SMILES string of the molecule is Cc1nn(C2CCS(=O)(=O)C2)c(C)c1CN(C)C(=O)c1ccc(C(C)(C)C)cc1. The number of sulfone groups is 1. The van der Waals surface area contributed by atoms with E-state index in [1.54, 1.807) is 11.9 Å². The van der Waals surface area contributed by atoms with Crippen LogP contribution < -0.4 is 0 Å². The van der Waals surface area contributed by atoms with Crippen LogP contribution in [0.2, 0.25) is 0 Å². The van der Waals surface area contributed by atoms with E-state index in [1.165, 1.54) is 5.56 Å². The lowest BCUT2D eigenvalue weighted by Crippen LogP contribution is -2.27. The van der Waals surface area contributed by atoms with Gasteiger partial charge in [-0.1, -0.05) is 32.9 Å². The molecule has 1 amide bonds. The Morgan fingerprint density at radius 2 is 1.83 bits per heavy atom. The Balaban J connectivity index is 1.77. The standard InChI is InChI=1S/C22H31N3O3S/c1-15-20(16(2)25(23-15)19-11-12-29(27,28)14-19)13-24(6)21(26)17-7-9-18(10-8-17)22(3,4)5/h7-10,19H,11-14H2,1-6H3. The topological polar surface area (TPSA) is 72.3 Å². The number of aromatic nitrogens is 2. The summed E-state index contributed by atoms with van der Waals surface area (Å²) in [6.45, 7) is 10.8. The Hall–Kier alpha value is -2.15. The van der Waals surface area contributed by atoms with E-state index in [1.807, 2.05) is 42.8 Å². The van der Waals surface area contributed by atoms with Gasteiger partial charge in [-0.25, -0.2) is 8.42 Å². The molecule has 0 N–H and O–H groups in total. The lowest BCUT2D eigenvalue weighted by Gasteiger charge is -2.21. The van der Waals surface area contributed by atoms with Crippen molar-refractivity contribution in [2.75, 3.05) is 18.6 Å². The zero-order chi connectivity index (χ0) is 21.6. The number of amides is 1. The third-order valence-electron chi connectivity index (χ3n) is 5.77. The van der Waals surface area contributed by atoms with Gasteiger partial charge in [-0.3, -0.25) is 9.48 Å². The second-order valence-electron chi connectivity index (χ2n) is 9.14. The predicted octanol–water partition coefficient (Wildman–Crippen LogP) is 3.43. The summed E-state index contributed by atoms with van der Waals surface area (Å²) in [6.07, 6.45) is 0.596. The number of hydrogen-bond donors (Lipinski definition) is 0. The highest BCUT2D eigenvalue weighted by Crippen LogP contribution is 2.27. The maximum atomic E-state index is 12.9. The van der Waals surface area contributed by atoms with Gasteiger partial charge >= 0.3 is 0 Å². The summed E-state index contributed by atoms with van der Waals surface area (Å²) in [5.41, 5.74) is 4.66. The van der Waals surface area contributed by atoms with Crippen molar-refractivity contribution >= 4 is 15.7 Å². The molecule has 0 radical (unpaired) electrons. The van der Waals surface area contributed by atoms with Gasteiger partial charge < -0.3 is 4.90 Å². The van der Waals surface area contributed by atoms with Crippen molar-refractivity contribution in [1.82, 2.24) is 14.7 Å². The monoisotopic (exact) mass is 417 g/mol. The van der Waals surface area contributed by atoms with Crippen LogP contribution in [0.4, 0.5) is 0 Å². The van der Waals surface area contributed by atoms with Gasteiger partial charge in [0.25, 0.3) is 5.91 Å². The van der Waals surface area contributed by atoms with Crippen molar-refractivity contribution in [3.05, 3.63) is 52.3 Å². The number of carbonyl (C=O) groups is 1. The Morgan fingerprint density at radius 1 is 1.21 bits per heavy atom. The van der Waals surface area contributed by atoms with E-state index >= 15 is 0 Å². The van der Waals surface area contributed by atoms with Gasteiger partial charge in [0.1, 0.15) is 0 Å². The Morgan fingerprint density at radius 3 is 2.34 bits per heavy atom. The maximum absolute atomic E-state index is 12.9. The maximum Gasteiger partial charge on any atom is 0.253 e. The average Bonchev–Trinajstić information content (AvgIpc) is 3.13. The number of hydrogen-bond acceptors (Lipinski definition) is 4. The molecule has 6 nitrogen and oxygen atoms in total. The van der Waals surface area contributed by atoms with Crippen molar-refractivity contribution < 1.29 is 13.2 Å². The van der Waals surface area contributed by atoms with Crippen LogP contribution >= 0.6 is 0 Å². The van der Waals surface area contributed by atoms with Crippen LogP contribution in [-0.2, 0) is 21.8 Å². The highest BCUT2D eigenvalue weighted by atomic mass is 32.2. The molecular weight excluding hydrogens is 386 g/mol. The van der Waals surface area contributed by atoms with Crippen LogP contribution in [-0.4, -0.2) is 47.6 Å². The molecule has 2 heterocycles. The molecule has 7 heteroatoms. The largest absolute Gasteiger partial charge is 0.337 e. The van der Waals surface area contributed by atoms with Crippen molar-refractivity contribution in [2.24, 2.45) is 0 Å². The summed E-state index contributed by atoms with van der Waals surface area (Å²) >= 11 is 0. The van der Waals surface area contributed by atoms with E-state index in [9.17, 15) is 13.2 Å². The lowest BCUT2D eigenvalue weighted by atomic mass is 9.86. The number of rotatable bonds is 4. The van der Waals surface area contributed by atoms with Crippen LogP contribution in [0.5, 0.6) is 0 Å². The minimum atomic E-state index is -2.98. The van der Waals surface area contributed by atoms with Crippen LogP contribution in [0.1, 0.15) is 66.1 Å². The van der Waals surface area contributed by atoms with Gasteiger partial charge in [-0.2, -0.15) is 5.10 Å². The highest BCUT2D eigenvalue weighted by molar-refractivity contribution is 7.91. The van der Waals surface area contributed by atoms with Crippen LogP contribution in [0.3, 0.4) is 0 Å². The quantitative estimate of drug-likeness (QED) is 0.764. The smallest absolute Gasteiger partial charge is 0.253 e. The van der Waals surface area contributed by atoms with Gasteiger partial charge in [0.05, 0.1) is 23.2 Å². The first-order valence-corrected chi connectivity index (χ1v) is 11.8.